The summed E-state index contributed by atoms with van der Waals surface area (Å²) < 4.78 is 20.0. The highest BCUT2D eigenvalue weighted by Crippen LogP contribution is 2.38. The molecule has 4 N–H and O–H groups in total. The van der Waals surface area contributed by atoms with Gasteiger partial charge in [-0.3, -0.25) is 15.0 Å². The molecule has 3 aliphatic rings. The molecule has 1 aliphatic heterocycles. The maximum Gasteiger partial charge on any atom is 0.257 e. The van der Waals surface area contributed by atoms with Crippen molar-refractivity contribution in [2.75, 3.05) is 31.6 Å². The first-order valence-electron chi connectivity index (χ1n) is 16.6. The van der Waals surface area contributed by atoms with Gasteiger partial charge in [0.05, 0.1) is 48.5 Å². The zero-order valence-electron chi connectivity index (χ0n) is 27.4. The zero-order chi connectivity index (χ0) is 33.0. The number of rotatable bonds is 13. The Labute approximate surface area is 275 Å². The van der Waals surface area contributed by atoms with E-state index in [2.05, 4.69) is 45.4 Å². The number of benzene rings is 1. The highest BCUT2D eigenvalue weighted by molar-refractivity contribution is 5.67. The molecule has 3 aromatic rings. The van der Waals surface area contributed by atoms with Gasteiger partial charge in [-0.15, -0.1) is 5.10 Å². The van der Waals surface area contributed by atoms with Gasteiger partial charge in [0.25, 0.3) is 5.88 Å². The van der Waals surface area contributed by atoms with E-state index in [1.54, 1.807) is 24.5 Å². The predicted molar refractivity (Wildman–Crippen MR) is 177 cm³/mol. The predicted octanol–water partition coefficient (Wildman–Crippen LogP) is 4.42. The van der Waals surface area contributed by atoms with Gasteiger partial charge in [0.2, 0.25) is 5.95 Å². The van der Waals surface area contributed by atoms with E-state index in [0.29, 0.717) is 41.4 Å². The van der Waals surface area contributed by atoms with Crippen LogP contribution in [-0.4, -0.2) is 92.3 Å². The van der Waals surface area contributed by atoms with Crippen LogP contribution < -0.4 is 20.1 Å². The molecule has 3 atom stereocenters. The number of hydrogen-bond acceptors (Lipinski definition) is 11. The van der Waals surface area contributed by atoms with E-state index in [1.165, 1.54) is 0 Å². The average Bonchev–Trinajstić information content (AvgIpc) is 3.68. The number of ether oxygens (including phenoxy) is 3. The first kappa shape index (κ1) is 32.7. The van der Waals surface area contributed by atoms with E-state index in [-0.39, 0.29) is 31.0 Å². The second-order valence-corrected chi connectivity index (χ2v) is 13.2. The molecule has 13 nitrogen and oxygen atoms in total. The Morgan fingerprint density at radius 1 is 1.13 bits per heavy atom. The molecule has 0 radical (unpaired) electrons. The van der Waals surface area contributed by atoms with E-state index >= 15 is 0 Å². The minimum atomic E-state index is -0.776. The summed E-state index contributed by atoms with van der Waals surface area (Å²) in [4.78, 5) is 11.7. The molecule has 47 heavy (non-hydrogen) atoms. The van der Waals surface area contributed by atoms with Crippen LogP contribution in [0.15, 0.2) is 36.8 Å². The van der Waals surface area contributed by atoms with Crippen molar-refractivity contribution >= 4 is 18.0 Å². The molecular weight excluding hydrogens is 598 g/mol. The highest BCUT2D eigenvalue weighted by Gasteiger charge is 2.42. The van der Waals surface area contributed by atoms with Gasteiger partial charge in [-0.25, -0.2) is 9.97 Å². The van der Waals surface area contributed by atoms with Gasteiger partial charge in [0, 0.05) is 37.1 Å². The normalized spacial score (nSPS) is 24.5. The van der Waals surface area contributed by atoms with Gasteiger partial charge >= 0.3 is 0 Å². The third kappa shape index (κ3) is 8.19. The van der Waals surface area contributed by atoms with Crippen molar-refractivity contribution in [2.45, 2.75) is 95.3 Å². The second kappa shape index (κ2) is 14.3. The average molecular weight is 644 g/mol. The van der Waals surface area contributed by atoms with Crippen molar-refractivity contribution in [3.63, 3.8) is 0 Å². The Hall–Kier alpha value is -4.25. The molecule has 1 saturated heterocycles. The number of nitrogens with one attached hydrogen (secondary N) is 3. The van der Waals surface area contributed by atoms with Gasteiger partial charge in [-0.2, -0.15) is 5.26 Å². The molecule has 250 valence electrons. The van der Waals surface area contributed by atoms with Crippen LogP contribution >= 0.6 is 0 Å². The third-order valence-electron chi connectivity index (χ3n) is 9.18. The summed E-state index contributed by atoms with van der Waals surface area (Å²) in [5, 5.41) is 38.1. The van der Waals surface area contributed by atoms with Gasteiger partial charge < -0.3 is 30.0 Å². The SMILES string of the molecule is C[C@@H]1CN([C@H]2CC[C@H](n3cc(Nc4ncc(-c5ccc(C#N)c(O[C@@H](C)CNC=N)c5)cn4)c(OCC4(O)CC4)n3)CC2)C[C@H](C)O1. The Balaban J connectivity index is 1.14. The van der Waals surface area contributed by atoms with E-state index in [4.69, 9.17) is 24.7 Å². The van der Waals surface area contributed by atoms with Crippen molar-refractivity contribution < 1.29 is 19.3 Å². The number of nitriles is 1. The van der Waals surface area contributed by atoms with Crippen molar-refractivity contribution in [1.29, 1.82) is 10.7 Å². The van der Waals surface area contributed by atoms with E-state index in [0.717, 1.165) is 69.1 Å². The number of aromatic nitrogens is 4. The Bertz CT molecular complexity index is 1550. The summed E-state index contributed by atoms with van der Waals surface area (Å²) >= 11 is 0. The molecule has 3 heterocycles. The molecule has 0 bridgehead atoms. The molecule has 0 spiro atoms. The molecule has 6 rings (SSSR count). The molecule has 0 unspecified atom stereocenters. The Kier molecular flexibility index (Phi) is 9.91. The molecule has 13 heteroatoms. The number of aliphatic hydroxyl groups is 1. The van der Waals surface area contributed by atoms with Crippen LogP contribution in [0.5, 0.6) is 11.6 Å². The second-order valence-electron chi connectivity index (χ2n) is 13.2. The van der Waals surface area contributed by atoms with Crippen LogP contribution in [0.3, 0.4) is 0 Å². The summed E-state index contributed by atoms with van der Waals surface area (Å²) in [6.07, 6.45) is 12.5. The largest absolute Gasteiger partial charge is 0.487 e. The summed E-state index contributed by atoms with van der Waals surface area (Å²) in [5.41, 5.74) is 1.88. The quantitative estimate of drug-likeness (QED) is 0.154. The van der Waals surface area contributed by atoms with E-state index in [9.17, 15) is 10.4 Å². The fourth-order valence-corrected chi connectivity index (χ4v) is 6.49. The Morgan fingerprint density at radius 2 is 1.83 bits per heavy atom. The fourth-order valence-electron chi connectivity index (χ4n) is 6.49. The number of anilines is 2. The molecular formula is C34H45N9O4. The van der Waals surface area contributed by atoms with Crippen molar-refractivity contribution in [3.05, 3.63) is 42.4 Å². The number of nitrogens with zero attached hydrogens (tertiary/aromatic N) is 6. The standard InChI is InChI=1S/C34H45N9O4/c1-22(14-37-21-36)47-31-12-25(4-5-26(31)13-35)27-15-38-33(39-16-27)40-30-19-43(41-32(30)45-20-34(44)10-11-34)29-8-6-28(7-9-29)42-17-23(2)46-24(3)18-42/h4-5,12,15-16,19,21-24,28-29,44H,6-11,14,17-18,20H2,1-3H3,(H2,36,37)(H,38,39,40)/t22-,23-,24+,28-,29-/m0/s1. The number of hydrogen-bond donors (Lipinski definition) is 4. The first-order chi connectivity index (χ1) is 22.7. The zero-order valence-corrected chi connectivity index (χ0v) is 27.4. The monoisotopic (exact) mass is 643 g/mol. The lowest BCUT2D eigenvalue weighted by Crippen LogP contribution is -2.51. The summed E-state index contributed by atoms with van der Waals surface area (Å²) in [7, 11) is 0. The van der Waals surface area contributed by atoms with Gasteiger partial charge in [0.1, 0.15) is 30.2 Å². The lowest BCUT2D eigenvalue weighted by Gasteiger charge is -2.42. The highest BCUT2D eigenvalue weighted by atomic mass is 16.5. The molecule has 2 saturated carbocycles. The van der Waals surface area contributed by atoms with Crippen LogP contribution in [0, 0.1) is 16.7 Å². The molecule has 1 aromatic carbocycles. The molecule has 0 amide bonds. The van der Waals surface area contributed by atoms with Crippen molar-refractivity contribution in [1.82, 2.24) is 30.0 Å². The minimum absolute atomic E-state index is 0.192. The smallest absolute Gasteiger partial charge is 0.257 e. The summed E-state index contributed by atoms with van der Waals surface area (Å²) in [6.45, 7) is 8.79. The lowest BCUT2D eigenvalue weighted by atomic mass is 9.89. The van der Waals surface area contributed by atoms with Crippen LogP contribution in [0.25, 0.3) is 11.1 Å². The minimum Gasteiger partial charge on any atom is -0.487 e. The third-order valence-corrected chi connectivity index (χ3v) is 9.18. The van der Waals surface area contributed by atoms with Crippen molar-refractivity contribution in [2.24, 2.45) is 0 Å². The van der Waals surface area contributed by atoms with E-state index in [1.807, 2.05) is 23.9 Å². The first-order valence-corrected chi connectivity index (χ1v) is 16.6. The van der Waals surface area contributed by atoms with Crippen LogP contribution in [0.1, 0.15) is 70.9 Å². The maximum absolute atomic E-state index is 10.4. The van der Waals surface area contributed by atoms with Gasteiger partial charge in [-0.1, -0.05) is 6.07 Å². The van der Waals surface area contributed by atoms with Gasteiger partial charge in [-0.05, 0) is 77.0 Å². The Morgan fingerprint density at radius 3 is 2.49 bits per heavy atom. The van der Waals surface area contributed by atoms with Gasteiger partial charge in [0.15, 0.2) is 0 Å². The fraction of sp³-hybridized carbons (Fsp3) is 0.559. The van der Waals surface area contributed by atoms with Crippen LogP contribution in [-0.2, 0) is 4.74 Å². The van der Waals surface area contributed by atoms with E-state index < -0.39 is 5.60 Å². The topological polar surface area (TPSA) is 166 Å². The van der Waals surface area contributed by atoms with Crippen molar-refractivity contribution in [3.8, 4) is 28.8 Å². The summed E-state index contributed by atoms with van der Waals surface area (Å²) in [5.74, 6) is 1.27. The molecule has 2 aromatic heterocycles. The lowest BCUT2D eigenvalue weighted by molar-refractivity contribution is -0.0852. The number of morpholine rings is 1. The summed E-state index contributed by atoms with van der Waals surface area (Å²) in [6, 6.07) is 8.35. The van der Waals surface area contributed by atoms with Crippen LogP contribution in [0.4, 0.5) is 11.6 Å². The van der Waals surface area contributed by atoms with Crippen LogP contribution in [0.2, 0.25) is 0 Å². The maximum atomic E-state index is 10.4. The molecule has 3 fully saturated rings. The molecule has 2 aliphatic carbocycles.